The van der Waals surface area contributed by atoms with E-state index in [1.165, 1.54) is 25.3 Å². The maximum Gasteiger partial charge on any atom is 0.274 e. The SMILES string of the molecule is CCCC(Oc1ccc([N+](=O)[O-])cc1OC)C(=O)NN. The van der Waals surface area contributed by atoms with E-state index in [2.05, 4.69) is 0 Å². The molecule has 0 aliphatic heterocycles. The molecule has 0 heterocycles. The molecule has 3 N–H and O–H groups in total. The smallest absolute Gasteiger partial charge is 0.274 e. The number of hydrogen-bond acceptors (Lipinski definition) is 6. The van der Waals surface area contributed by atoms with Crippen LogP contribution < -0.4 is 20.7 Å². The number of carbonyl (C=O) groups excluding carboxylic acids is 1. The number of rotatable bonds is 7. The highest BCUT2D eigenvalue weighted by atomic mass is 16.6. The number of nitrogens with two attached hydrogens (primary N) is 1. The van der Waals surface area contributed by atoms with Gasteiger partial charge in [0.15, 0.2) is 17.6 Å². The predicted octanol–water partition coefficient (Wildman–Crippen LogP) is 1.14. The van der Waals surface area contributed by atoms with Crippen LogP contribution in [-0.4, -0.2) is 24.0 Å². The van der Waals surface area contributed by atoms with Gasteiger partial charge in [0.25, 0.3) is 11.6 Å². The Balaban J connectivity index is 3.00. The normalized spacial score (nSPS) is 11.6. The fraction of sp³-hybridized carbons (Fsp3) is 0.417. The van der Waals surface area contributed by atoms with E-state index in [0.717, 1.165) is 0 Å². The van der Waals surface area contributed by atoms with Crippen molar-refractivity contribution in [3.63, 3.8) is 0 Å². The first-order chi connectivity index (χ1) is 9.53. The van der Waals surface area contributed by atoms with Gasteiger partial charge in [-0.1, -0.05) is 13.3 Å². The lowest BCUT2D eigenvalue weighted by molar-refractivity contribution is -0.385. The minimum Gasteiger partial charge on any atom is -0.493 e. The van der Waals surface area contributed by atoms with Gasteiger partial charge in [-0.25, -0.2) is 5.84 Å². The third-order valence-electron chi connectivity index (χ3n) is 2.61. The highest BCUT2D eigenvalue weighted by Gasteiger charge is 2.21. The van der Waals surface area contributed by atoms with Crippen molar-refractivity contribution >= 4 is 11.6 Å². The first-order valence-corrected chi connectivity index (χ1v) is 6.03. The number of benzene rings is 1. The molecule has 110 valence electrons. The van der Waals surface area contributed by atoms with Crippen molar-refractivity contribution in [2.24, 2.45) is 5.84 Å². The van der Waals surface area contributed by atoms with E-state index in [-0.39, 0.29) is 17.2 Å². The fourth-order valence-electron chi connectivity index (χ4n) is 1.62. The number of nitrogens with zero attached hydrogens (tertiary/aromatic N) is 1. The molecule has 1 atom stereocenters. The Morgan fingerprint density at radius 2 is 2.20 bits per heavy atom. The highest BCUT2D eigenvalue weighted by Crippen LogP contribution is 2.32. The molecule has 0 saturated heterocycles. The molecule has 1 aromatic carbocycles. The number of nitro benzene ring substituents is 1. The molecule has 1 rings (SSSR count). The zero-order valence-corrected chi connectivity index (χ0v) is 11.3. The average Bonchev–Trinajstić information content (AvgIpc) is 2.45. The van der Waals surface area contributed by atoms with Gasteiger partial charge in [-0.2, -0.15) is 0 Å². The summed E-state index contributed by atoms with van der Waals surface area (Å²) in [5, 5.41) is 10.7. The van der Waals surface area contributed by atoms with Crippen molar-refractivity contribution in [2.45, 2.75) is 25.9 Å². The minimum absolute atomic E-state index is 0.121. The Hall–Kier alpha value is -2.35. The maximum absolute atomic E-state index is 11.6. The number of carbonyl (C=O) groups is 1. The van der Waals surface area contributed by atoms with E-state index >= 15 is 0 Å². The molecule has 1 unspecified atom stereocenters. The van der Waals surface area contributed by atoms with Crippen LogP contribution in [0.4, 0.5) is 5.69 Å². The second-order valence-corrected chi connectivity index (χ2v) is 4.00. The Morgan fingerprint density at radius 1 is 1.50 bits per heavy atom. The molecule has 0 saturated carbocycles. The summed E-state index contributed by atoms with van der Waals surface area (Å²) >= 11 is 0. The van der Waals surface area contributed by atoms with Crippen molar-refractivity contribution in [3.8, 4) is 11.5 Å². The summed E-state index contributed by atoms with van der Waals surface area (Å²) in [7, 11) is 1.36. The number of nitrogens with one attached hydrogen (secondary N) is 1. The number of non-ortho nitro benzene ring substituents is 1. The molecule has 1 aromatic rings. The van der Waals surface area contributed by atoms with E-state index in [1.54, 1.807) is 0 Å². The van der Waals surface area contributed by atoms with Crippen molar-refractivity contribution < 1.29 is 19.2 Å². The molecule has 0 bridgehead atoms. The van der Waals surface area contributed by atoms with Gasteiger partial charge in [-0.3, -0.25) is 20.3 Å². The van der Waals surface area contributed by atoms with Crippen LogP contribution >= 0.6 is 0 Å². The number of nitro groups is 1. The highest BCUT2D eigenvalue weighted by molar-refractivity contribution is 5.80. The molecule has 0 aliphatic rings. The zero-order chi connectivity index (χ0) is 15.1. The van der Waals surface area contributed by atoms with Crippen molar-refractivity contribution in [1.82, 2.24) is 5.43 Å². The van der Waals surface area contributed by atoms with Crippen LogP contribution in [-0.2, 0) is 4.79 Å². The molecular formula is C12H17N3O5. The van der Waals surface area contributed by atoms with Crippen molar-refractivity contribution in [1.29, 1.82) is 0 Å². The Morgan fingerprint density at radius 3 is 2.70 bits per heavy atom. The lowest BCUT2D eigenvalue weighted by atomic mass is 10.2. The molecule has 8 nitrogen and oxygen atoms in total. The van der Waals surface area contributed by atoms with Crippen molar-refractivity contribution in [2.75, 3.05) is 7.11 Å². The molecule has 1 amide bonds. The molecule has 0 radical (unpaired) electrons. The Labute approximate surface area is 116 Å². The Bertz CT molecular complexity index is 492. The number of methoxy groups -OCH3 is 1. The second-order valence-electron chi connectivity index (χ2n) is 4.00. The van der Waals surface area contributed by atoms with Gasteiger partial charge < -0.3 is 9.47 Å². The average molecular weight is 283 g/mol. The summed E-state index contributed by atoms with van der Waals surface area (Å²) < 4.78 is 10.6. The molecule has 0 aromatic heterocycles. The molecule has 20 heavy (non-hydrogen) atoms. The van der Waals surface area contributed by atoms with Crippen LogP contribution in [0.2, 0.25) is 0 Å². The summed E-state index contributed by atoms with van der Waals surface area (Å²) in [5.74, 6) is 5.06. The van der Waals surface area contributed by atoms with Crippen LogP contribution in [0, 0.1) is 10.1 Å². The van der Waals surface area contributed by atoms with Gasteiger partial charge in [-0.05, 0) is 12.5 Å². The standard InChI is InChI=1S/C12H17N3O5/c1-3-4-10(12(16)14-13)20-9-6-5-8(15(17)18)7-11(9)19-2/h5-7,10H,3-4,13H2,1-2H3,(H,14,16). The van der Waals surface area contributed by atoms with Gasteiger partial charge >= 0.3 is 0 Å². The molecule has 0 fully saturated rings. The van der Waals surface area contributed by atoms with Gasteiger partial charge in [0, 0.05) is 6.07 Å². The predicted molar refractivity (Wildman–Crippen MR) is 71.3 cm³/mol. The summed E-state index contributed by atoms with van der Waals surface area (Å²) in [6, 6.07) is 3.91. The van der Waals surface area contributed by atoms with E-state index < -0.39 is 16.9 Å². The molecule has 0 spiro atoms. The topological polar surface area (TPSA) is 117 Å². The Kier molecular flexibility index (Phi) is 5.73. The van der Waals surface area contributed by atoms with Crippen LogP contribution in [0.3, 0.4) is 0 Å². The van der Waals surface area contributed by atoms with E-state index in [4.69, 9.17) is 15.3 Å². The fourth-order valence-corrected chi connectivity index (χ4v) is 1.62. The first kappa shape index (κ1) is 15.7. The van der Waals surface area contributed by atoms with E-state index in [1.807, 2.05) is 12.3 Å². The zero-order valence-electron chi connectivity index (χ0n) is 11.3. The van der Waals surface area contributed by atoms with Crippen LogP contribution in [0.1, 0.15) is 19.8 Å². The first-order valence-electron chi connectivity index (χ1n) is 6.03. The van der Waals surface area contributed by atoms with E-state index in [9.17, 15) is 14.9 Å². The quantitative estimate of drug-likeness (QED) is 0.335. The van der Waals surface area contributed by atoms with Crippen molar-refractivity contribution in [3.05, 3.63) is 28.3 Å². The summed E-state index contributed by atoms with van der Waals surface area (Å²) in [4.78, 5) is 21.7. The number of amides is 1. The molecule has 0 aliphatic carbocycles. The largest absolute Gasteiger partial charge is 0.493 e. The monoisotopic (exact) mass is 283 g/mol. The molecule has 8 heteroatoms. The lowest BCUT2D eigenvalue weighted by Gasteiger charge is -2.18. The summed E-state index contributed by atoms with van der Waals surface area (Å²) in [6.07, 6.45) is 0.400. The van der Waals surface area contributed by atoms with E-state index in [0.29, 0.717) is 12.8 Å². The van der Waals surface area contributed by atoms with Crippen LogP contribution in [0.15, 0.2) is 18.2 Å². The second kappa shape index (κ2) is 7.29. The molecular weight excluding hydrogens is 266 g/mol. The van der Waals surface area contributed by atoms with Gasteiger partial charge in [0.05, 0.1) is 18.1 Å². The third kappa shape index (κ3) is 3.82. The summed E-state index contributed by atoms with van der Waals surface area (Å²) in [5.41, 5.74) is 1.90. The van der Waals surface area contributed by atoms with Crippen LogP contribution in [0.25, 0.3) is 0 Å². The van der Waals surface area contributed by atoms with Crippen LogP contribution in [0.5, 0.6) is 11.5 Å². The summed E-state index contributed by atoms with van der Waals surface area (Å²) in [6.45, 7) is 1.90. The number of ether oxygens (including phenoxy) is 2. The van der Waals surface area contributed by atoms with Gasteiger partial charge in [0.2, 0.25) is 0 Å². The third-order valence-corrected chi connectivity index (χ3v) is 2.61. The van der Waals surface area contributed by atoms with Gasteiger partial charge in [-0.15, -0.1) is 0 Å². The lowest BCUT2D eigenvalue weighted by Crippen LogP contribution is -2.42. The number of hydrogen-bond donors (Lipinski definition) is 2. The number of hydrazine groups is 1. The minimum atomic E-state index is -0.777. The van der Waals surface area contributed by atoms with Gasteiger partial charge in [0.1, 0.15) is 0 Å². The maximum atomic E-state index is 11.6.